The van der Waals surface area contributed by atoms with E-state index < -0.39 is 0 Å². The third kappa shape index (κ3) is 2.52. The molecule has 19 heavy (non-hydrogen) atoms. The van der Waals surface area contributed by atoms with Gasteiger partial charge in [-0.3, -0.25) is 4.98 Å². The smallest absolute Gasteiger partial charge is 0.203 e. The molecule has 2 aromatic rings. The molecule has 0 spiro atoms. The lowest BCUT2D eigenvalue weighted by molar-refractivity contribution is 0.324. The Kier molecular flexibility index (Phi) is 3.70. The van der Waals surface area contributed by atoms with Gasteiger partial charge in [-0.25, -0.2) is 4.98 Å². The van der Waals surface area contributed by atoms with Gasteiger partial charge in [0.2, 0.25) is 5.75 Å². The summed E-state index contributed by atoms with van der Waals surface area (Å²) in [5.74, 6) is 2.00. The first-order valence-electron chi connectivity index (χ1n) is 5.57. The van der Waals surface area contributed by atoms with Crippen molar-refractivity contribution in [3.63, 3.8) is 0 Å². The van der Waals surface area contributed by atoms with Gasteiger partial charge in [0.25, 0.3) is 0 Å². The van der Waals surface area contributed by atoms with E-state index >= 15 is 0 Å². The third-order valence-corrected chi connectivity index (χ3v) is 2.61. The number of nitrogens with zero attached hydrogens (tertiary/aromatic N) is 2. The topological polar surface area (TPSA) is 79.5 Å². The Bertz CT molecular complexity index is 562. The molecule has 0 bridgehead atoms. The predicted molar refractivity (Wildman–Crippen MR) is 71.5 cm³/mol. The lowest BCUT2D eigenvalue weighted by atomic mass is 10.1. The Morgan fingerprint density at radius 2 is 1.58 bits per heavy atom. The van der Waals surface area contributed by atoms with Gasteiger partial charge in [-0.1, -0.05) is 0 Å². The molecule has 0 radical (unpaired) electrons. The van der Waals surface area contributed by atoms with E-state index in [1.54, 1.807) is 39.7 Å². The fourth-order valence-electron chi connectivity index (χ4n) is 1.75. The van der Waals surface area contributed by atoms with Crippen LogP contribution in [-0.4, -0.2) is 31.3 Å². The third-order valence-electron chi connectivity index (χ3n) is 2.61. The minimum absolute atomic E-state index is 0.353. The molecule has 6 heteroatoms. The number of nitrogen functional groups attached to an aromatic ring is 1. The van der Waals surface area contributed by atoms with Crippen LogP contribution < -0.4 is 19.9 Å². The summed E-state index contributed by atoms with van der Waals surface area (Å²) in [5, 5.41) is 0. The van der Waals surface area contributed by atoms with E-state index in [9.17, 15) is 0 Å². The molecular weight excluding hydrogens is 246 g/mol. The average Bonchev–Trinajstić information content (AvgIpc) is 2.45. The monoisotopic (exact) mass is 261 g/mol. The van der Waals surface area contributed by atoms with E-state index in [2.05, 4.69) is 9.97 Å². The van der Waals surface area contributed by atoms with Gasteiger partial charge in [0.15, 0.2) is 11.5 Å². The second-order valence-corrected chi connectivity index (χ2v) is 3.74. The average molecular weight is 261 g/mol. The van der Waals surface area contributed by atoms with Gasteiger partial charge in [-0.2, -0.15) is 0 Å². The van der Waals surface area contributed by atoms with Crippen LogP contribution in [0.15, 0.2) is 24.5 Å². The molecule has 2 N–H and O–H groups in total. The Hall–Kier alpha value is -2.50. The van der Waals surface area contributed by atoms with Crippen molar-refractivity contribution in [2.24, 2.45) is 0 Å². The summed E-state index contributed by atoms with van der Waals surface area (Å²) in [7, 11) is 4.68. The highest BCUT2D eigenvalue weighted by Crippen LogP contribution is 2.40. The lowest BCUT2D eigenvalue weighted by Gasteiger charge is -2.13. The molecule has 6 nitrogen and oxygen atoms in total. The molecule has 0 saturated heterocycles. The standard InChI is InChI=1S/C13H15N3O3/c1-17-10-4-8(5-11(18-2)13(10)19-3)9-6-15-7-12(14)16-9/h4-7H,1-3H3,(H2,14,16). The summed E-state index contributed by atoms with van der Waals surface area (Å²) in [5.41, 5.74) is 7.06. The van der Waals surface area contributed by atoms with Crippen molar-refractivity contribution in [3.8, 4) is 28.5 Å². The van der Waals surface area contributed by atoms with Crippen molar-refractivity contribution in [1.82, 2.24) is 9.97 Å². The zero-order valence-electron chi connectivity index (χ0n) is 11.0. The van der Waals surface area contributed by atoms with Crippen LogP contribution in [0, 0.1) is 0 Å². The van der Waals surface area contributed by atoms with Crippen LogP contribution in [0.3, 0.4) is 0 Å². The van der Waals surface area contributed by atoms with Gasteiger partial charge < -0.3 is 19.9 Å². The first-order valence-corrected chi connectivity index (χ1v) is 5.57. The Balaban J connectivity index is 2.59. The molecule has 0 saturated carbocycles. The summed E-state index contributed by atoms with van der Waals surface area (Å²) >= 11 is 0. The van der Waals surface area contributed by atoms with E-state index in [0.717, 1.165) is 5.56 Å². The van der Waals surface area contributed by atoms with Gasteiger partial charge in [0.05, 0.1) is 39.4 Å². The first-order chi connectivity index (χ1) is 9.19. The quantitative estimate of drug-likeness (QED) is 0.903. The van der Waals surface area contributed by atoms with E-state index in [0.29, 0.717) is 28.8 Å². The Morgan fingerprint density at radius 3 is 2.05 bits per heavy atom. The highest BCUT2D eigenvalue weighted by Gasteiger charge is 2.14. The number of hydrogen-bond donors (Lipinski definition) is 1. The van der Waals surface area contributed by atoms with Crippen LogP contribution in [0.5, 0.6) is 17.2 Å². The minimum Gasteiger partial charge on any atom is -0.493 e. The van der Waals surface area contributed by atoms with Crippen LogP contribution in [0.4, 0.5) is 5.82 Å². The van der Waals surface area contributed by atoms with Gasteiger partial charge in [-0.05, 0) is 12.1 Å². The summed E-state index contributed by atoms with van der Waals surface area (Å²) in [6, 6.07) is 3.59. The minimum atomic E-state index is 0.353. The summed E-state index contributed by atoms with van der Waals surface area (Å²) in [4.78, 5) is 8.23. The molecule has 0 fully saturated rings. The van der Waals surface area contributed by atoms with Crippen LogP contribution >= 0.6 is 0 Å². The molecule has 1 aromatic carbocycles. The summed E-state index contributed by atoms with van der Waals surface area (Å²) in [6.07, 6.45) is 3.11. The van der Waals surface area contributed by atoms with Crippen LogP contribution in [-0.2, 0) is 0 Å². The zero-order chi connectivity index (χ0) is 13.8. The highest BCUT2D eigenvalue weighted by atomic mass is 16.5. The van der Waals surface area contributed by atoms with Gasteiger partial charge in [0.1, 0.15) is 5.82 Å². The maximum Gasteiger partial charge on any atom is 0.203 e. The fourth-order valence-corrected chi connectivity index (χ4v) is 1.75. The van der Waals surface area contributed by atoms with Gasteiger partial charge in [0, 0.05) is 5.56 Å². The van der Waals surface area contributed by atoms with E-state index in [-0.39, 0.29) is 0 Å². The number of aromatic nitrogens is 2. The molecule has 0 atom stereocenters. The van der Waals surface area contributed by atoms with Crippen molar-refractivity contribution in [1.29, 1.82) is 0 Å². The van der Waals surface area contributed by atoms with Crippen molar-refractivity contribution in [3.05, 3.63) is 24.5 Å². The molecular formula is C13H15N3O3. The van der Waals surface area contributed by atoms with Gasteiger partial charge in [-0.15, -0.1) is 0 Å². The number of ether oxygens (including phenoxy) is 3. The molecule has 100 valence electrons. The summed E-state index contributed by atoms with van der Waals surface area (Å²) in [6.45, 7) is 0. The van der Waals surface area contributed by atoms with Crippen LogP contribution in [0.1, 0.15) is 0 Å². The SMILES string of the molecule is COc1cc(-c2cncc(N)n2)cc(OC)c1OC. The van der Waals surface area contributed by atoms with Crippen LogP contribution in [0.25, 0.3) is 11.3 Å². The van der Waals surface area contributed by atoms with Crippen molar-refractivity contribution in [2.45, 2.75) is 0 Å². The predicted octanol–water partition coefficient (Wildman–Crippen LogP) is 1.75. The lowest BCUT2D eigenvalue weighted by Crippen LogP contribution is -1.97. The van der Waals surface area contributed by atoms with E-state index in [1.165, 1.54) is 6.20 Å². The largest absolute Gasteiger partial charge is 0.493 e. The number of methoxy groups -OCH3 is 3. The van der Waals surface area contributed by atoms with Crippen molar-refractivity contribution in [2.75, 3.05) is 27.1 Å². The first kappa shape index (κ1) is 12.9. The van der Waals surface area contributed by atoms with Gasteiger partial charge >= 0.3 is 0 Å². The fraction of sp³-hybridized carbons (Fsp3) is 0.231. The Morgan fingerprint density at radius 1 is 0.947 bits per heavy atom. The summed E-state index contributed by atoms with van der Waals surface area (Å²) < 4.78 is 15.8. The number of hydrogen-bond acceptors (Lipinski definition) is 6. The van der Waals surface area contributed by atoms with Crippen molar-refractivity contribution >= 4 is 5.82 Å². The molecule has 0 aliphatic rings. The number of rotatable bonds is 4. The molecule has 0 aliphatic carbocycles. The molecule has 0 aliphatic heterocycles. The van der Waals surface area contributed by atoms with Crippen LogP contribution in [0.2, 0.25) is 0 Å². The normalized spacial score (nSPS) is 10.1. The molecule has 2 rings (SSSR count). The Labute approximate surface area is 111 Å². The van der Waals surface area contributed by atoms with Crippen molar-refractivity contribution < 1.29 is 14.2 Å². The highest BCUT2D eigenvalue weighted by molar-refractivity contribution is 5.68. The second-order valence-electron chi connectivity index (χ2n) is 3.74. The molecule has 0 amide bonds. The van der Waals surface area contributed by atoms with E-state index in [1.807, 2.05) is 0 Å². The molecule has 0 unspecified atom stereocenters. The zero-order valence-corrected chi connectivity index (χ0v) is 11.0. The van der Waals surface area contributed by atoms with E-state index in [4.69, 9.17) is 19.9 Å². The number of anilines is 1. The maximum atomic E-state index is 5.63. The number of benzene rings is 1. The maximum absolute atomic E-state index is 5.63. The second kappa shape index (κ2) is 5.43. The molecule has 1 heterocycles. The molecule has 1 aromatic heterocycles. The number of nitrogens with two attached hydrogens (primary N) is 1.